The SMILES string of the molecule is CC1(C)c2ccccc2N(CC(=O)N2CCOCCOCCOCCOCCOCCOCC2)C12C=Cc1cc([N+](=O)[O-])ccc1O2. The third kappa shape index (κ3) is 8.29. The van der Waals surface area contributed by atoms with Crippen LogP contribution in [0.1, 0.15) is 25.0 Å². The molecule has 1 fully saturated rings. The maximum atomic E-state index is 14.1. The largest absolute Gasteiger partial charge is 0.463 e. The van der Waals surface area contributed by atoms with Crippen molar-refractivity contribution in [3.8, 4) is 5.75 Å². The Balaban J connectivity index is 1.31. The molecule has 3 aliphatic heterocycles. The van der Waals surface area contributed by atoms with Crippen LogP contribution >= 0.6 is 0 Å². The summed E-state index contributed by atoms with van der Waals surface area (Å²) in [5, 5.41) is 11.4. The van der Waals surface area contributed by atoms with E-state index in [-0.39, 0.29) is 18.1 Å². The number of benzene rings is 2. The number of hydrogen-bond donors (Lipinski definition) is 0. The molecule has 0 aliphatic carbocycles. The Labute approximate surface area is 275 Å². The van der Waals surface area contributed by atoms with E-state index in [0.717, 1.165) is 11.3 Å². The van der Waals surface area contributed by atoms with Gasteiger partial charge in [0.1, 0.15) is 12.3 Å². The molecule has 5 rings (SSSR count). The lowest BCUT2D eigenvalue weighted by atomic mass is 9.76. The summed E-state index contributed by atoms with van der Waals surface area (Å²) < 4.78 is 40.5. The molecule has 0 bridgehead atoms. The standard InChI is InChI=1S/C34H45N3O10/c1-33(2)29-5-3-4-6-30(29)36(34(33)10-9-27-25-28(37(39)40)7-8-31(27)47-34)26-32(38)35-11-13-41-15-17-43-19-21-45-23-24-46-22-20-44-18-16-42-14-12-35/h3-10,25H,11-24,26H2,1-2H3. The third-order valence-electron chi connectivity index (χ3n) is 8.64. The predicted octanol–water partition coefficient (Wildman–Crippen LogP) is 3.44. The Morgan fingerprint density at radius 3 is 1.87 bits per heavy atom. The Hall–Kier alpha value is -3.59. The molecule has 2 aromatic carbocycles. The molecule has 13 heteroatoms. The number of anilines is 1. The highest BCUT2D eigenvalue weighted by molar-refractivity contribution is 5.85. The molecule has 0 N–H and O–H groups in total. The van der Waals surface area contributed by atoms with Gasteiger partial charge >= 0.3 is 0 Å². The number of rotatable bonds is 3. The number of fused-ring (bicyclic) bond motifs is 2. The van der Waals surface area contributed by atoms with Gasteiger partial charge in [-0.15, -0.1) is 0 Å². The van der Waals surface area contributed by atoms with Crippen LogP contribution in [0, 0.1) is 10.1 Å². The zero-order chi connectivity index (χ0) is 33.1. The van der Waals surface area contributed by atoms with Crippen LogP contribution in [0.15, 0.2) is 48.5 Å². The lowest BCUT2D eigenvalue weighted by Gasteiger charge is -2.47. The number of ether oxygens (including phenoxy) is 7. The molecule has 3 aliphatic rings. The number of non-ortho nitro benzene ring substituents is 1. The quantitative estimate of drug-likeness (QED) is 0.356. The number of para-hydroxylation sites is 1. The van der Waals surface area contributed by atoms with E-state index < -0.39 is 16.1 Å². The van der Waals surface area contributed by atoms with E-state index in [4.69, 9.17) is 33.2 Å². The van der Waals surface area contributed by atoms with Crippen LogP contribution < -0.4 is 9.64 Å². The molecule has 0 saturated carbocycles. The Kier molecular flexibility index (Phi) is 12.2. The first-order valence-electron chi connectivity index (χ1n) is 16.1. The van der Waals surface area contributed by atoms with Crippen molar-refractivity contribution in [2.24, 2.45) is 0 Å². The molecule has 1 spiro atoms. The topological polar surface area (TPSA) is 131 Å². The minimum absolute atomic E-state index is 0.0141. The number of carbonyl (C=O) groups excluding carboxylic acids is 1. The highest BCUT2D eigenvalue weighted by atomic mass is 16.6. The monoisotopic (exact) mass is 655 g/mol. The average Bonchev–Trinajstić information content (AvgIpc) is 3.24. The smallest absolute Gasteiger partial charge is 0.270 e. The summed E-state index contributed by atoms with van der Waals surface area (Å²) in [6.45, 7) is 10.1. The lowest BCUT2D eigenvalue weighted by Crippen LogP contribution is -2.61. The number of hydrogen-bond acceptors (Lipinski definition) is 11. The van der Waals surface area contributed by atoms with Crippen LogP contribution in [-0.2, 0) is 38.6 Å². The first-order chi connectivity index (χ1) is 22.8. The highest BCUT2D eigenvalue weighted by Crippen LogP contribution is 2.55. The van der Waals surface area contributed by atoms with Crippen molar-refractivity contribution in [3.05, 3.63) is 69.8 Å². The Morgan fingerprint density at radius 1 is 0.787 bits per heavy atom. The van der Waals surface area contributed by atoms with Crippen LogP contribution in [0.5, 0.6) is 5.75 Å². The van der Waals surface area contributed by atoms with Crippen molar-refractivity contribution in [2.45, 2.75) is 25.0 Å². The van der Waals surface area contributed by atoms with Gasteiger partial charge in [0.05, 0.1) is 89.6 Å². The fourth-order valence-corrected chi connectivity index (χ4v) is 6.05. The fourth-order valence-electron chi connectivity index (χ4n) is 6.05. The van der Waals surface area contributed by atoms with Gasteiger partial charge in [-0.25, -0.2) is 0 Å². The second kappa shape index (κ2) is 16.5. The van der Waals surface area contributed by atoms with Gasteiger partial charge in [0.25, 0.3) is 5.69 Å². The van der Waals surface area contributed by atoms with Gasteiger partial charge in [0.2, 0.25) is 11.6 Å². The molecule has 3 heterocycles. The molecule has 0 aromatic heterocycles. The van der Waals surface area contributed by atoms with E-state index in [2.05, 4.69) is 19.9 Å². The molecular weight excluding hydrogens is 610 g/mol. The van der Waals surface area contributed by atoms with Crippen molar-refractivity contribution < 1.29 is 42.9 Å². The van der Waals surface area contributed by atoms with Gasteiger partial charge in [0, 0.05) is 36.5 Å². The maximum Gasteiger partial charge on any atom is 0.270 e. The second-order valence-corrected chi connectivity index (χ2v) is 11.9. The molecule has 256 valence electrons. The van der Waals surface area contributed by atoms with E-state index in [0.29, 0.717) is 104 Å². The summed E-state index contributed by atoms with van der Waals surface area (Å²) >= 11 is 0. The summed E-state index contributed by atoms with van der Waals surface area (Å²) in [5.41, 5.74) is 0.885. The Morgan fingerprint density at radius 2 is 1.32 bits per heavy atom. The zero-order valence-electron chi connectivity index (χ0n) is 27.2. The van der Waals surface area contributed by atoms with E-state index in [1.807, 2.05) is 35.3 Å². The molecule has 1 amide bonds. The molecule has 1 atom stereocenters. The van der Waals surface area contributed by atoms with Crippen molar-refractivity contribution in [1.82, 2.24) is 4.90 Å². The number of nitro groups is 1. The number of nitro benzene ring substituents is 1. The van der Waals surface area contributed by atoms with E-state index in [9.17, 15) is 14.9 Å². The van der Waals surface area contributed by atoms with Gasteiger partial charge in [-0.3, -0.25) is 14.9 Å². The second-order valence-electron chi connectivity index (χ2n) is 11.9. The van der Waals surface area contributed by atoms with Gasteiger partial charge in [-0.05, 0) is 43.7 Å². The van der Waals surface area contributed by atoms with Crippen LogP contribution in [0.2, 0.25) is 0 Å². The van der Waals surface area contributed by atoms with Crippen molar-refractivity contribution >= 4 is 23.4 Å². The summed E-state index contributed by atoms with van der Waals surface area (Å²) in [6, 6.07) is 12.5. The number of nitrogens with zero attached hydrogens (tertiary/aromatic N) is 3. The zero-order valence-corrected chi connectivity index (χ0v) is 27.2. The summed E-state index contributed by atoms with van der Waals surface area (Å²) in [5.74, 6) is 0.398. The summed E-state index contributed by atoms with van der Waals surface area (Å²) in [4.78, 5) is 28.9. The van der Waals surface area contributed by atoms with Crippen LogP contribution in [0.3, 0.4) is 0 Å². The van der Waals surface area contributed by atoms with Gasteiger partial charge in [-0.2, -0.15) is 0 Å². The van der Waals surface area contributed by atoms with Crippen molar-refractivity contribution in [1.29, 1.82) is 0 Å². The van der Waals surface area contributed by atoms with Gasteiger partial charge < -0.3 is 43.0 Å². The van der Waals surface area contributed by atoms with Crippen LogP contribution in [-0.4, -0.2) is 120 Å². The first kappa shape index (κ1) is 34.7. The minimum atomic E-state index is -1.06. The van der Waals surface area contributed by atoms with Crippen LogP contribution in [0.25, 0.3) is 6.08 Å². The third-order valence-corrected chi connectivity index (χ3v) is 8.64. The number of carbonyl (C=O) groups is 1. The number of amides is 1. The highest BCUT2D eigenvalue weighted by Gasteiger charge is 2.59. The lowest BCUT2D eigenvalue weighted by molar-refractivity contribution is -0.384. The summed E-state index contributed by atoms with van der Waals surface area (Å²) in [6.07, 6.45) is 3.77. The minimum Gasteiger partial charge on any atom is -0.463 e. The van der Waals surface area contributed by atoms with Crippen molar-refractivity contribution in [2.75, 3.05) is 104 Å². The fraction of sp³-hybridized carbons (Fsp3) is 0.559. The molecular formula is C34H45N3O10. The van der Waals surface area contributed by atoms with E-state index >= 15 is 0 Å². The molecule has 0 radical (unpaired) electrons. The first-order valence-corrected chi connectivity index (χ1v) is 16.1. The molecule has 47 heavy (non-hydrogen) atoms. The molecule has 2 aromatic rings. The molecule has 1 saturated heterocycles. The average molecular weight is 656 g/mol. The molecule has 13 nitrogen and oxygen atoms in total. The normalized spacial score (nSPS) is 23.3. The predicted molar refractivity (Wildman–Crippen MR) is 174 cm³/mol. The van der Waals surface area contributed by atoms with Gasteiger partial charge in [-0.1, -0.05) is 18.2 Å². The summed E-state index contributed by atoms with van der Waals surface area (Å²) in [7, 11) is 0. The van der Waals surface area contributed by atoms with Crippen molar-refractivity contribution in [3.63, 3.8) is 0 Å². The van der Waals surface area contributed by atoms with E-state index in [1.165, 1.54) is 12.1 Å². The van der Waals surface area contributed by atoms with E-state index in [1.54, 1.807) is 11.0 Å². The van der Waals surface area contributed by atoms with Gasteiger partial charge in [0.15, 0.2) is 0 Å². The van der Waals surface area contributed by atoms with Crippen LogP contribution in [0.4, 0.5) is 11.4 Å². The molecule has 1 unspecified atom stereocenters. The Bertz CT molecular complexity index is 1360. The maximum absolute atomic E-state index is 14.1.